The number of halogens is 1. The van der Waals surface area contributed by atoms with Crippen molar-refractivity contribution in [1.29, 1.82) is 0 Å². The molecule has 0 unspecified atom stereocenters. The molecule has 102 valence electrons. The van der Waals surface area contributed by atoms with Crippen LogP contribution in [0.3, 0.4) is 0 Å². The van der Waals surface area contributed by atoms with E-state index < -0.39 is 5.60 Å². The SMILES string of the molecule is CC(C)(C)OC(=O)CCn1cc(Cl)c2ccccc21. The van der Waals surface area contributed by atoms with Gasteiger partial charge < -0.3 is 9.30 Å². The minimum atomic E-state index is -0.437. The van der Waals surface area contributed by atoms with Gasteiger partial charge in [-0.05, 0) is 26.8 Å². The number of esters is 1. The second kappa shape index (κ2) is 5.25. The van der Waals surface area contributed by atoms with Crippen molar-refractivity contribution < 1.29 is 9.53 Å². The number of rotatable bonds is 3. The van der Waals surface area contributed by atoms with E-state index in [1.165, 1.54) is 0 Å². The van der Waals surface area contributed by atoms with E-state index in [4.69, 9.17) is 16.3 Å². The van der Waals surface area contributed by atoms with Gasteiger partial charge in [0, 0.05) is 23.6 Å². The lowest BCUT2D eigenvalue weighted by Crippen LogP contribution is -2.24. The van der Waals surface area contributed by atoms with Gasteiger partial charge in [0.15, 0.2) is 0 Å². The molecule has 0 radical (unpaired) electrons. The van der Waals surface area contributed by atoms with Gasteiger partial charge in [-0.15, -0.1) is 0 Å². The van der Waals surface area contributed by atoms with Gasteiger partial charge in [-0.2, -0.15) is 0 Å². The number of carbonyl (C=O) groups is 1. The fourth-order valence-corrected chi connectivity index (χ4v) is 2.27. The van der Waals surface area contributed by atoms with E-state index in [1.54, 1.807) is 0 Å². The molecule has 0 atom stereocenters. The van der Waals surface area contributed by atoms with E-state index >= 15 is 0 Å². The van der Waals surface area contributed by atoms with Crippen molar-refractivity contribution in [1.82, 2.24) is 4.57 Å². The van der Waals surface area contributed by atoms with E-state index in [9.17, 15) is 4.79 Å². The molecule has 4 heteroatoms. The molecule has 0 aliphatic rings. The summed E-state index contributed by atoms with van der Waals surface area (Å²) in [5, 5.41) is 1.72. The van der Waals surface area contributed by atoms with Crippen molar-refractivity contribution in [2.75, 3.05) is 0 Å². The second-order valence-corrected chi connectivity index (χ2v) is 5.93. The molecule has 2 rings (SSSR count). The Morgan fingerprint density at radius 3 is 2.68 bits per heavy atom. The molecule has 19 heavy (non-hydrogen) atoms. The highest BCUT2D eigenvalue weighted by atomic mass is 35.5. The summed E-state index contributed by atoms with van der Waals surface area (Å²) < 4.78 is 7.28. The third-order valence-corrected chi connectivity index (χ3v) is 3.02. The Bertz CT molecular complexity index is 596. The summed E-state index contributed by atoms with van der Waals surface area (Å²) in [7, 11) is 0. The minimum absolute atomic E-state index is 0.193. The zero-order valence-electron chi connectivity index (χ0n) is 11.4. The maximum atomic E-state index is 11.7. The van der Waals surface area contributed by atoms with Gasteiger partial charge in [-0.1, -0.05) is 29.8 Å². The van der Waals surface area contributed by atoms with E-state index in [-0.39, 0.29) is 5.97 Å². The van der Waals surface area contributed by atoms with Gasteiger partial charge in [0.25, 0.3) is 0 Å². The lowest BCUT2D eigenvalue weighted by atomic mass is 10.2. The van der Waals surface area contributed by atoms with Crippen molar-refractivity contribution in [3.63, 3.8) is 0 Å². The number of carbonyl (C=O) groups excluding carboxylic acids is 1. The molecule has 0 saturated carbocycles. The Morgan fingerprint density at radius 2 is 2.00 bits per heavy atom. The Kier molecular flexibility index (Phi) is 3.85. The van der Waals surface area contributed by atoms with Crippen LogP contribution in [-0.2, 0) is 16.1 Å². The number of fused-ring (bicyclic) bond motifs is 1. The largest absolute Gasteiger partial charge is 0.460 e. The van der Waals surface area contributed by atoms with Crippen molar-refractivity contribution >= 4 is 28.5 Å². The summed E-state index contributed by atoms with van der Waals surface area (Å²) in [5.74, 6) is -0.193. The topological polar surface area (TPSA) is 31.2 Å². The molecule has 0 spiro atoms. The normalized spacial score (nSPS) is 11.8. The van der Waals surface area contributed by atoms with Gasteiger partial charge in [0.2, 0.25) is 0 Å². The highest BCUT2D eigenvalue weighted by Crippen LogP contribution is 2.25. The number of hydrogen-bond acceptors (Lipinski definition) is 2. The van der Waals surface area contributed by atoms with E-state index in [2.05, 4.69) is 0 Å². The van der Waals surface area contributed by atoms with Gasteiger partial charge in [-0.25, -0.2) is 0 Å². The van der Waals surface area contributed by atoms with E-state index in [0.29, 0.717) is 18.0 Å². The summed E-state index contributed by atoms with van der Waals surface area (Å²) in [6.07, 6.45) is 2.20. The molecule has 1 heterocycles. The quantitative estimate of drug-likeness (QED) is 0.795. The monoisotopic (exact) mass is 279 g/mol. The Labute approximate surface area is 118 Å². The summed E-state index contributed by atoms with van der Waals surface area (Å²) in [5.41, 5.74) is 0.601. The van der Waals surface area contributed by atoms with Crippen LogP contribution in [-0.4, -0.2) is 16.1 Å². The Hall–Kier alpha value is -1.48. The molecule has 1 aromatic heterocycles. The molecule has 0 aliphatic heterocycles. The first-order valence-corrected chi connectivity index (χ1v) is 6.70. The molecule has 0 fully saturated rings. The van der Waals surface area contributed by atoms with Gasteiger partial charge in [0.05, 0.1) is 11.4 Å². The van der Waals surface area contributed by atoms with Crippen molar-refractivity contribution in [3.8, 4) is 0 Å². The van der Waals surface area contributed by atoms with Crippen LogP contribution in [0.15, 0.2) is 30.5 Å². The number of para-hydroxylation sites is 1. The third kappa shape index (κ3) is 3.51. The van der Waals surface area contributed by atoms with Crippen LogP contribution < -0.4 is 0 Å². The fourth-order valence-electron chi connectivity index (χ4n) is 1.99. The molecular weight excluding hydrogens is 262 g/mol. The van der Waals surface area contributed by atoms with Crippen molar-refractivity contribution in [2.24, 2.45) is 0 Å². The predicted molar refractivity (Wildman–Crippen MR) is 77.4 cm³/mol. The molecule has 0 aliphatic carbocycles. The maximum Gasteiger partial charge on any atom is 0.308 e. The zero-order chi connectivity index (χ0) is 14.0. The van der Waals surface area contributed by atoms with Crippen LogP contribution in [0.2, 0.25) is 5.02 Å². The molecule has 0 N–H and O–H groups in total. The minimum Gasteiger partial charge on any atom is -0.460 e. The summed E-state index contributed by atoms with van der Waals surface area (Å²) in [6, 6.07) is 7.88. The number of aryl methyl sites for hydroxylation is 1. The first-order chi connectivity index (χ1) is 8.87. The summed E-state index contributed by atoms with van der Waals surface area (Å²) >= 11 is 6.16. The lowest BCUT2D eigenvalue weighted by Gasteiger charge is -2.19. The van der Waals surface area contributed by atoms with E-state index in [0.717, 1.165) is 10.9 Å². The number of nitrogens with zero attached hydrogens (tertiary/aromatic N) is 1. The average molecular weight is 280 g/mol. The van der Waals surface area contributed by atoms with Crippen LogP contribution in [0.1, 0.15) is 27.2 Å². The van der Waals surface area contributed by atoms with Gasteiger partial charge in [0.1, 0.15) is 5.60 Å². The summed E-state index contributed by atoms with van der Waals surface area (Å²) in [4.78, 5) is 11.7. The fraction of sp³-hybridized carbons (Fsp3) is 0.400. The molecule has 3 nitrogen and oxygen atoms in total. The first kappa shape index (κ1) is 13.9. The van der Waals surface area contributed by atoms with Gasteiger partial charge in [-0.3, -0.25) is 4.79 Å². The molecular formula is C15H18ClNO2. The molecule has 0 saturated heterocycles. The second-order valence-electron chi connectivity index (χ2n) is 5.52. The summed E-state index contributed by atoms with van der Waals surface area (Å²) in [6.45, 7) is 6.18. The Morgan fingerprint density at radius 1 is 1.32 bits per heavy atom. The number of hydrogen-bond donors (Lipinski definition) is 0. The van der Waals surface area contributed by atoms with Crippen LogP contribution in [0, 0.1) is 0 Å². The number of aromatic nitrogens is 1. The highest BCUT2D eigenvalue weighted by molar-refractivity contribution is 6.35. The number of ether oxygens (including phenoxy) is 1. The molecule has 2 aromatic rings. The van der Waals surface area contributed by atoms with Crippen LogP contribution in [0.25, 0.3) is 10.9 Å². The molecule has 0 bridgehead atoms. The average Bonchev–Trinajstić information content (AvgIpc) is 2.62. The lowest BCUT2D eigenvalue weighted by molar-refractivity contribution is -0.155. The van der Waals surface area contributed by atoms with Crippen LogP contribution in [0.5, 0.6) is 0 Å². The van der Waals surface area contributed by atoms with Crippen molar-refractivity contribution in [2.45, 2.75) is 39.3 Å². The zero-order valence-corrected chi connectivity index (χ0v) is 12.2. The first-order valence-electron chi connectivity index (χ1n) is 6.32. The smallest absolute Gasteiger partial charge is 0.308 e. The molecule has 0 amide bonds. The van der Waals surface area contributed by atoms with E-state index in [1.807, 2.05) is 55.8 Å². The maximum absolute atomic E-state index is 11.7. The van der Waals surface area contributed by atoms with Crippen LogP contribution in [0.4, 0.5) is 0 Å². The third-order valence-electron chi connectivity index (χ3n) is 2.72. The molecule has 1 aromatic carbocycles. The van der Waals surface area contributed by atoms with Crippen molar-refractivity contribution in [3.05, 3.63) is 35.5 Å². The Balaban J connectivity index is 2.08. The number of benzene rings is 1. The predicted octanol–water partition coefficient (Wildman–Crippen LogP) is 4.03. The van der Waals surface area contributed by atoms with Crippen LogP contribution >= 0.6 is 11.6 Å². The van der Waals surface area contributed by atoms with Gasteiger partial charge >= 0.3 is 5.97 Å². The highest BCUT2D eigenvalue weighted by Gasteiger charge is 2.16. The standard InChI is InChI=1S/C15H18ClNO2/c1-15(2,3)19-14(18)8-9-17-10-12(16)11-6-4-5-7-13(11)17/h4-7,10H,8-9H2,1-3H3.